The smallest absolute Gasteiger partial charge is 0.262 e. The topological polar surface area (TPSA) is 156 Å². The summed E-state index contributed by atoms with van der Waals surface area (Å²) in [5.41, 5.74) is 5.30. The first-order valence-electron chi connectivity index (χ1n) is 17.0. The quantitative estimate of drug-likeness (QED) is 0.170. The molecule has 0 aliphatic carbocycles. The van der Waals surface area contributed by atoms with Crippen LogP contribution in [0, 0.1) is 20.8 Å². The highest BCUT2D eigenvalue weighted by Gasteiger charge is 2.44. The number of piperidine rings is 1. The molecule has 2 atom stereocenters. The molecule has 12 nitrogen and oxygen atoms in total. The second-order valence-electron chi connectivity index (χ2n) is 13.1. The number of halogens is 1. The van der Waals surface area contributed by atoms with E-state index in [2.05, 4.69) is 34.7 Å². The molecule has 4 aromatic rings. The van der Waals surface area contributed by atoms with Gasteiger partial charge in [0, 0.05) is 34.0 Å². The first kappa shape index (κ1) is 34.4. The van der Waals surface area contributed by atoms with Gasteiger partial charge in [-0.15, -0.1) is 21.5 Å². The van der Waals surface area contributed by atoms with Gasteiger partial charge in [-0.25, -0.2) is 0 Å². The third kappa shape index (κ3) is 6.51. The highest BCUT2D eigenvalue weighted by Crippen LogP contribution is 2.39. The maximum atomic E-state index is 13.3. The van der Waals surface area contributed by atoms with Crippen molar-refractivity contribution in [2.75, 3.05) is 6.54 Å². The second kappa shape index (κ2) is 14.0. The summed E-state index contributed by atoms with van der Waals surface area (Å²) in [6, 6.07) is 11.2. The van der Waals surface area contributed by atoms with Crippen molar-refractivity contribution in [3.05, 3.63) is 97.4 Å². The molecular formula is C37H36ClN7O5S. The molecule has 3 aliphatic rings. The molecule has 7 rings (SSSR count). The summed E-state index contributed by atoms with van der Waals surface area (Å²) in [4.78, 5) is 70.6. The first-order valence-corrected chi connectivity index (χ1v) is 18.2. The molecule has 2 aromatic heterocycles. The fraction of sp³-hybridized carbons (Fsp3) is 0.351. The van der Waals surface area contributed by atoms with Crippen LogP contribution in [0.3, 0.4) is 0 Å². The Hall–Kier alpha value is -5.01. The van der Waals surface area contributed by atoms with Gasteiger partial charge in [-0.3, -0.25) is 43.7 Å². The van der Waals surface area contributed by atoms with E-state index in [9.17, 15) is 24.0 Å². The van der Waals surface area contributed by atoms with Crippen LogP contribution in [0.2, 0.25) is 5.02 Å². The third-order valence-corrected chi connectivity index (χ3v) is 11.1. The molecular weight excluding hydrogens is 690 g/mol. The zero-order valence-corrected chi connectivity index (χ0v) is 30.0. The van der Waals surface area contributed by atoms with Crippen LogP contribution >= 0.6 is 22.9 Å². The predicted molar refractivity (Wildman–Crippen MR) is 192 cm³/mol. The second-order valence-corrected chi connectivity index (χ2v) is 14.7. The molecule has 0 bridgehead atoms. The number of fused-ring (bicyclic) bond motifs is 4. The molecule has 1 unspecified atom stereocenters. The van der Waals surface area contributed by atoms with Crippen LogP contribution in [0.15, 0.2) is 47.5 Å². The van der Waals surface area contributed by atoms with Gasteiger partial charge in [0.15, 0.2) is 5.82 Å². The number of hydrogen-bond acceptors (Lipinski definition) is 9. The summed E-state index contributed by atoms with van der Waals surface area (Å²) in [5, 5.41) is 15.7. The largest absolute Gasteiger partial charge is 0.356 e. The zero-order valence-electron chi connectivity index (χ0n) is 28.4. The maximum Gasteiger partial charge on any atom is 0.262 e. The lowest BCUT2D eigenvalue weighted by atomic mass is 9.99. The van der Waals surface area contributed by atoms with Crippen molar-refractivity contribution in [1.82, 2.24) is 30.3 Å². The summed E-state index contributed by atoms with van der Waals surface area (Å²) >= 11 is 7.88. The predicted octanol–water partition coefficient (Wildman–Crippen LogP) is 5.12. The lowest BCUT2D eigenvalue weighted by molar-refractivity contribution is -0.136. The number of aryl methyl sites for hydroxylation is 3. The normalized spacial score (nSPS) is 18.2. The van der Waals surface area contributed by atoms with E-state index in [-0.39, 0.29) is 36.3 Å². The number of nitrogens with one attached hydrogen (secondary N) is 2. The maximum absolute atomic E-state index is 13.3. The van der Waals surface area contributed by atoms with Crippen molar-refractivity contribution < 1.29 is 24.0 Å². The molecule has 1 saturated heterocycles. The van der Waals surface area contributed by atoms with Crippen molar-refractivity contribution >= 4 is 58.2 Å². The standard InChI is InChI=1S/C37H36ClN7O5S/c1-19-20(2)51-37-31(19)32(23-9-11-24(38)12-10-23)40-27(33-43-42-21(3)44(33)37)18-30(47)39-16-6-4-5-7-22-8-13-25-26(17-22)36(50)45(35(25)49)28-14-15-29(46)41-34(28)48/h8-13,17,27-28H,4-7,14-16,18H2,1-3H3,(H,39,47)(H,41,46,48)/t27-,28?/m0/s1. The molecule has 2 N–H and O–H groups in total. The SMILES string of the molecule is Cc1sc2c(c1C)C(c1ccc(Cl)cc1)=N[C@@H](CC(=O)NCCCCCc1ccc3c(c1)C(=O)N(C1CCC(=O)NC1=O)C3=O)c1nnc(C)n1-2. The molecule has 14 heteroatoms. The van der Waals surface area contributed by atoms with Gasteiger partial charge in [-0.1, -0.05) is 36.2 Å². The van der Waals surface area contributed by atoms with Gasteiger partial charge >= 0.3 is 0 Å². The monoisotopic (exact) mass is 725 g/mol. The molecule has 0 saturated carbocycles. The minimum atomic E-state index is -0.988. The lowest BCUT2D eigenvalue weighted by Crippen LogP contribution is -2.54. The number of rotatable bonds is 10. The average molecular weight is 726 g/mol. The Labute approximate surface area is 303 Å². The number of carbonyl (C=O) groups is 5. The number of nitrogens with zero attached hydrogens (tertiary/aromatic N) is 5. The van der Waals surface area contributed by atoms with Crippen molar-refractivity contribution in [2.45, 2.75) is 77.8 Å². The average Bonchev–Trinajstić information content (AvgIpc) is 3.67. The molecule has 0 radical (unpaired) electrons. The van der Waals surface area contributed by atoms with E-state index in [0.717, 1.165) is 63.0 Å². The van der Waals surface area contributed by atoms with E-state index >= 15 is 0 Å². The Balaban J connectivity index is 0.959. The van der Waals surface area contributed by atoms with Gasteiger partial charge in [0.1, 0.15) is 22.9 Å². The fourth-order valence-corrected chi connectivity index (χ4v) is 8.25. The Morgan fingerprint density at radius 1 is 0.980 bits per heavy atom. The van der Waals surface area contributed by atoms with Crippen LogP contribution in [0.5, 0.6) is 0 Å². The molecule has 5 heterocycles. The minimum absolute atomic E-state index is 0.0769. The summed E-state index contributed by atoms with van der Waals surface area (Å²) in [6.07, 6.45) is 3.40. The molecule has 262 valence electrons. The number of amides is 5. The van der Waals surface area contributed by atoms with Gasteiger partial charge in [0.05, 0.1) is 23.3 Å². The van der Waals surface area contributed by atoms with E-state index < -0.39 is 35.7 Å². The number of aliphatic imine (C=N–C) groups is 1. The number of carbonyl (C=O) groups excluding carboxylic acids is 5. The van der Waals surface area contributed by atoms with E-state index in [0.29, 0.717) is 23.8 Å². The zero-order chi connectivity index (χ0) is 36.0. The summed E-state index contributed by atoms with van der Waals surface area (Å²) in [5.74, 6) is -0.832. The van der Waals surface area contributed by atoms with Gasteiger partial charge in [0.2, 0.25) is 17.7 Å². The number of hydrogen-bond donors (Lipinski definition) is 2. The Morgan fingerprint density at radius 3 is 2.51 bits per heavy atom. The fourth-order valence-electron chi connectivity index (χ4n) is 6.91. The van der Waals surface area contributed by atoms with Gasteiger partial charge in [-0.05, 0) is 81.8 Å². The van der Waals surface area contributed by atoms with Crippen LogP contribution in [0.1, 0.15) is 104 Å². The van der Waals surface area contributed by atoms with Crippen molar-refractivity contribution in [3.8, 4) is 5.00 Å². The minimum Gasteiger partial charge on any atom is -0.356 e. The molecule has 1 fully saturated rings. The van der Waals surface area contributed by atoms with E-state index in [1.165, 1.54) is 4.88 Å². The lowest BCUT2D eigenvalue weighted by Gasteiger charge is -2.27. The van der Waals surface area contributed by atoms with Crippen LogP contribution in [0.25, 0.3) is 5.00 Å². The Bertz CT molecular complexity index is 2140. The molecule has 3 aliphatic heterocycles. The molecule has 2 aromatic carbocycles. The van der Waals surface area contributed by atoms with Crippen LogP contribution < -0.4 is 10.6 Å². The van der Waals surface area contributed by atoms with Gasteiger partial charge < -0.3 is 5.32 Å². The number of benzene rings is 2. The van der Waals surface area contributed by atoms with E-state index in [1.807, 2.05) is 41.8 Å². The Kier molecular flexibility index (Phi) is 9.42. The molecule has 51 heavy (non-hydrogen) atoms. The van der Waals surface area contributed by atoms with E-state index in [1.54, 1.807) is 23.5 Å². The van der Waals surface area contributed by atoms with Crippen molar-refractivity contribution in [1.29, 1.82) is 0 Å². The number of imide groups is 2. The summed E-state index contributed by atoms with van der Waals surface area (Å²) in [6.45, 7) is 6.58. The van der Waals surface area contributed by atoms with Gasteiger partial charge in [-0.2, -0.15) is 0 Å². The van der Waals surface area contributed by atoms with Crippen LogP contribution in [-0.4, -0.2) is 67.5 Å². The van der Waals surface area contributed by atoms with Crippen LogP contribution in [0.4, 0.5) is 0 Å². The third-order valence-electron chi connectivity index (χ3n) is 9.70. The molecule has 0 spiro atoms. The number of thiophene rings is 1. The highest BCUT2D eigenvalue weighted by atomic mass is 35.5. The van der Waals surface area contributed by atoms with Crippen LogP contribution in [-0.2, 0) is 20.8 Å². The summed E-state index contributed by atoms with van der Waals surface area (Å²) < 4.78 is 2.03. The van der Waals surface area contributed by atoms with E-state index in [4.69, 9.17) is 16.6 Å². The van der Waals surface area contributed by atoms with Crippen molar-refractivity contribution in [2.24, 2.45) is 4.99 Å². The molecule has 5 amide bonds. The summed E-state index contributed by atoms with van der Waals surface area (Å²) in [7, 11) is 0. The van der Waals surface area contributed by atoms with Crippen molar-refractivity contribution in [3.63, 3.8) is 0 Å². The highest BCUT2D eigenvalue weighted by molar-refractivity contribution is 7.15. The number of aromatic nitrogens is 3. The van der Waals surface area contributed by atoms with Gasteiger partial charge in [0.25, 0.3) is 11.8 Å². The number of unbranched alkanes of at least 4 members (excludes halogenated alkanes) is 2. The Morgan fingerprint density at radius 2 is 1.75 bits per heavy atom. The first-order chi connectivity index (χ1) is 24.5.